The SMILES string of the molecule is CN1CCC(c2cc(-c3ccc(NC=O)cc3)c3c(N)ncnn23)CC1. The molecule has 26 heavy (non-hydrogen) atoms. The van der Waals surface area contributed by atoms with E-state index in [1.807, 2.05) is 28.8 Å². The van der Waals surface area contributed by atoms with Gasteiger partial charge in [-0.1, -0.05) is 12.1 Å². The predicted molar refractivity (Wildman–Crippen MR) is 102 cm³/mol. The number of hydrogen-bond donors (Lipinski definition) is 2. The monoisotopic (exact) mass is 350 g/mol. The summed E-state index contributed by atoms with van der Waals surface area (Å²) in [6, 6.07) is 9.90. The van der Waals surface area contributed by atoms with Gasteiger partial charge in [-0.05, 0) is 56.7 Å². The van der Waals surface area contributed by atoms with Gasteiger partial charge in [-0.25, -0.2) is 9.50 Å². The zero-order valence-electron chi connectivity index (χ0n) is 14.7. The molecule has 0 spiro atoms. The summed E-state index contributed by atoms with van der Waals surface area (Å²) in [5.74, 6) is 0.932. The van der Waals surface area contributed by atoms with Crippen molar-refractivity contribution in [2.45, 2.75) is 18.8 Å². The number of carbonyl (C=O) groups is 1. The fourth-order valence-electron chi connectivity index (χ4n) is 3.72. The third kappa shape index (κ3) is 2.90. The van der Waals surface area contributed by atoms with E-state index in [1.165, 1.54) is 12.0 Å². The zero-order valence-corrected chi connectivity index (χ0v) is 14.7. The van der Waals surface area contributed by atoms with E-state index in [0.717, 1.165) is 48.3 Å². The third-order valence-corrected chi connectivity index (χ3v) is 5.17. The van der Waals surface area contributed by atoms with Crippen LogP contribution in [-0.2, 0) is 4.79 Å². The molecule has 0 atom stereocenters. The number of benzene rings is 1. The van der Waals surface area contributed by atoms with E-state index in [9.17, 15) is 4.79 Å². The minimum atomic E-state index is 0.456. The highest BCUT2D eigenvalue weighted by Crippen LogP contribution is 2.36. The molecule has 1 aliphatic heterocycles. The number of nitrogens with zero attached hydrogens (tertiary/aromatic N) is 4. The molecular weight excluding hydrogens is 328 g/mol. The molecule has 7 heteroatoms. The summed E-state index contributed by atoms with van der Waals surface area (Å²) in [7, 11) is 2.16. The lowest BCUT2D eigenvalue weighted by molar-refractivity contribution is -0.105. The number of carbonyl (C=O) groups excluding carboxylic acids is 1. The van der Waals surface area contributed by atoms with E-state index in [-0.39, 0.29) is 0 Å². The van der Waals surface area contributed by atoms with Crippen LogP contribution < -0.4 is 11.1 Å². The van der Waals surface area contributed by atoms with E-state index < -0.39 is 0 Å². The molecule has 1 saturated heterocycles. The molecule has 1 amide bonds. The highest BCUT2D eigenvalue weighted by atomic mass is 16.1. The maximum absolute atomic E-state index is 10.6. The lowest BCUT2D eigenvalue weighted by Gasteiger charge is -2.28. The van der Waals surface area contributed by atoms with Crippen LogP contribution >= 0.6 is 0 Å². The van der Waals surface area contributed by atoms with E-state index in [0.29, 0.717) is 18.1 Å². The van der Waals surface area contributed by atoms with Crippen molar-refractivity contribution in [3.05, 3.63) is 42.4 Å². The van der Waals surface area contributed by atoms with Gasteiger partial charge >= 0.3 is 0 Å². The Labute approximate surface area is 151 Å². The molecule has 1 aliphatic rings. The summed E-state index contributed by atoms with van der Waals surface area (Å²) in [6.45, 7) is 2.17. The van der Waals surface area contributed by atoms with Gasteiger partial charge < -0.3 is 16.0 Å². The van der Waals surface area contributed by atoms with Crippen LogP contribution in [0.5, 0.6) is 0 Å². The van der Waals surface area contributed by atoms with Crippen molar-refractivity contribution in [2.75, 3.05) is 31.2 Å². The number of piperidine rings is 1. The molecule has 0 saturated carbocycles. The second kappa shape index (κ2) is 6.76. The van der Waals surface area contributed by atoms with Crippen LogP contribution in [0.2, 0.25) is 0 Å². The Morgan fingerprint density at radius 1 is 1.23 bits per heavy atom. The van der Waals surface area contributed by atoms with Crippen LogP contribution in [0, 0.1) is 0 Å². The number of aromatic nitrogens is 3. The van der Waals surface area contributed by atoms with Gasteiger partial charge in [0.2, 0.25) is 6.41 Å². The Morgan fingerprint density at radius 3 is 2.65 bits per heavy atom. The quantitative estimate of drug-likeness (QED) is 0.705. The Morgan fingerprint density at radius 2 is 1.96 bits per heavy atom. The summed E-state index contributed by atoms with van der Waals surface area (Å²) >= 11 is 0. The van der Waals surface area contributed by atoms with Gasteiger partial charge in [0, 0.05) is 22.9 Å². The lowest BCUT2D eigenvalue weighted by Crippen LogP contribution is -2.29. The van der Waals surface area contributed by atoms with Crippen LogP contribution in [0.3, 0.4) is 0 Å². The molecule has 0 radical (unpaired) electrons. The topological polar surface area (TPSA) is 88.5 Å². The molecule has 3 aromatic rings. The second-order valence-corrected chi connectivity index (χ2v) is 6.81. The number of rotatable bonds is 4. The number of fused-ring (bicyclic) bond motifs is 1. The van der Waals surface area contributed by atoms with E-state index in [2.05, 4.69) is 33.4 Å². The number of amides is 1. The third-order valence-electron chi connectivity index (χ3n) is 5.17. The molecule has 3 N–H and O–H groups in total. The first kappa shape index (κ1) is 16.5. The maximum Gasteiger partial charge on any atom is 0.211 e. The van der Waals surface area contributed by atoms with Crippen molar-refractivity contribution in [3.63, 3.8) is 0 Å². The van der Waals surface area contributed by atoms with Gasteiger partial charge in [0.05, 0.1) is 0 Å². The van der Waals surface area contributed by atoms with Crippen LogP contribution in [0.4, 0.5) is 11.5 Å². The smallest absolute Gasteiger partial charge is 0.211 e. The van der Waals surface area contributed by atoms with Crippen LogP contribution in [0.25, 0.3) is 16.6 Å². The second-order valence-electron chi connectivity index (χ2n) is 6.81. The largest absolute Gasteiger partial charge is 0.382 e. The average molecular weight is 350 g/mol. The van der Waals surface area contributed by atoms with Crippen molar-refractivity contribution < 1.29 is 4.79 Å². The van der Waals surface area contributed by atoms with E-state index >= 15 is 0 Å². The first-order valence-corrected chi connectivity index (χ1v) is 8.78. The van der Waals surface area contributed by atoms with Gasteiger partial charge in [0.15, 0.2) is 5.82 Å². The van der Waals surface area contributed by atoms with Gasteiger partial charge in [0.1, 0.15) is 11.8 Å². The first-order valence-electron chi connectivity index (χ1n) is 8.78. The highest BCUT2D eigenvalue weighted by Gasteiger charge is 2.24. The first-order chi connectivity index (χ1) is 12.7. The van der Waals surface area contributed by atoms with Crippen molar-refractivity contribution in [3.8, 4) is 11.1 Å². The van der Waals surface area contributed by atoms with Crippen molar-refractivity contribution in [1.29, 1.82) is 0 Å². The minimum absolute atomic E-state index is 0.456. The standard InChI is InChI=1S/C19H22N6O/c1-24-8-6-14(7-9-24)17-10-16(18-19(20)21-11-23-25(17)18)13-2-4-15(5-3-13)22-12-26/h2-5,10-12,14H,6-9H2,1H3,(H,22,26)(H2,20,21,23). The molecule has 7 nitrogen and oxygen atoms in total. The van der Waals surface area contributed by atoms with Crippen LogP contribution in [0.15, 0.2) is 36.7 Å². The summed E-state index contributed by atoms with van der Waals surface area (Å²) in [6.07, 6.45) is 4.40. The summed E-state index contributed by atoms with van der Waals surface area (Å²) in [5.41, 5.74) is 11.0. The summed E-state index contributed by atoms with van der Waals surface area (Å²) < 4.78 is 1.95. The van der Waals surface area contributed by atoms with Crippen molar-refractivity contribution in [1.82, 2.24) is 19.5 Å². The van der Waals surface area contributed by atoms with Gasteiger partial charge in [-0.2, -0.15) is 5.10 Å². The van der Waals surface area contributed by atoms with Gasteiger partial charge in [-0.15, -0.1) is 0 Å². The van der Waals surface area contributed by atoms with Gasteiger partial charge in [-0.3, -0.25) is 4.79 Å². The normalized spacial score (nSPS) is 16.0. The van der Waals surface area contributed by atoms with Gasteiger partial charge in [0.25, 0.3) is 0 Å². The zero-order chi connectivity index (χ0) is 18.1. The average Bonchev–Trinajstić information content (AvgIpc) is 3.04. The minimum Gasteiger partial charge on any atom is -0.382 e. The number of hydrogen-bond acceptors (Lipinski definition) is 5. The molecule has 0 aliphatic carbocycles. The molecule has 0 unspecified atom stereocenters. The Hall–Kier alpha value is -2.93. The Bertz CT molecular complexity index is 925. The molecule has 1 aromatic carbocycles. The fraction of sp³-hybridized carbons (Fsp3) is 0.316. The predicted octanol–water partition coefficient (Wildman–Crippen LogP) is 2.36. The molecule has 3 heterocycles. The fourth-order valence-corrected chi connectivity index (χ4v) is 3.72. The highest BCUT2D eigenvalue weighted by molar-refractivity contribution is 5.89. The van der Waals surface area contributed by atoms with Crippen LogP contribution in [0.1, 0.15) is 24.5 Å². The van der Waals surface area contributed by atoms with E-state index in [1.54, 1.807) is 0 Å². The number of likely N-dealkylation sites (tertiary alicyclic amines) is 1. The molecular formula is C19H22N6O. The van der Waals surface area contributed by atoms with E-state index in [4.69, 9.17) is 5.73 Å². The van der Waals surface area contributed by atoms with Crippen molar-refractivity contribution in [2.24, 2.45) is 0 Å². The summed E-state index contributed by atoms with van der Waals surface area (Å²) in [5, 5.41) is 7.14. The number of nitrogen functional groups attached to an aromatic ring is 1. The van der Waals surface area contributed by atoms with Crippen LogP contribution in [-0.4, -0.2) is 46.0 Å². The Balaban J connectivity index is 1.80. The number of anilines is 2. The Kier molecular flexibility index (Phi) is 4.30. The number of nitrogens with one attached hydrogen (secondary N) is 1. The molecule has 4 rings (SSSR count). The summed E-state index contributed by atoms with van der Waals surface area (Å²) in [4.78, 5) is 17.1. The molecule has 134 valence electrons. The lowest BCUT2D eigenvalue weighted by atomic mass is 9.93. The molecule has 2 aromatic heterocycles. The van der Waals surface area contributed by atoms with Crippen molar-refractivity contribution >= 4 is 23.4 Å². The molecule has 0 bridgehead atoms. The number of nitrogens with two attached hydrogens (primary N) is 1. The maximum atomic E-state index is 10.6. The molecule has 1 fully saturated rings.